The molecule has 0 aliphatic carbocycles. The number of alkyl halides is 3. The number of hydrogen-bond donors (Lipinski definition) is 1. The van der Waals surface area contributed by atoms with Crippen LogP contribution in [0.25, 0.3) is 0 Å². The van der Waals surface area contributed by atoms with Gasteiger partial charge in [-0.25, -0.2) is 0 Å². The Bertz CT molecular complexity index is 374. The summed E-state index contributed by atoms with van der Waals surface area (Å²) in [7, 11) is 0. The van der Waals surface area contributed by atoms with Gasteiger partial charge < -0.3 is 10.2 Å². The molecule has 2 amide bonds. The van der Waals surface area contributed by atoms with E-state index in [0.29, 0.717) is 25.7 Å². The van der Waals surface area contributed by atoms with E-state index in [0.717, 1.165) is 0 Å². The van der Waals surface area contributed by atoms with Crippen molar-refractivity contribution in [2.24, 2.45) is 0 Å². The SMILES string of the molecule is CCCC1NC(=O)C(CCC)N(CCOC(F)(F)F)C1=O. The van der Waals surface area contributed by atoms with Crippen molar-refractivity contribution in [3.05, 3.63) is 0 Å². The molecular weight excluding hydrogens is 289 g/mol. The third-order valence-electron chi connectivity index (χ3n) is 3.31. The Labute approximate surface area is 121 Å². The topological polar surface area (TPSA) is 58.6 Å². The molecule has 2 unspecified atom stereocenters. The minimum atomic E-state index is -4.73. The van der Waals surface area contributed by atoms with Gasteiger partial charge in [0.2, 0.25) is 11.8 Å². The van der Waals surface area contributed by atoms with Crippen molar-refractivity contribution in [3.8, 4) is 0 Å². The van der Waals surface area contributed by atoms with Crippen LogP contribution >= 0.6 is 0 Å². The van der Waals surface area contributed by atoms with Gasteiger partial charge in [0, 0.05) is 6.54 Å². The zero-order valence-electron chi connectivity index (χ0n) is 12.2. The molecule has 1 aliphatic rings. The summed E-state index contributed by atoms with van der Waals surface area (Å²) in [5.74, 6) is -0.636. The largest absolute Gasteiger partial charge is 0.522 e. The quantitative estimate of drug-likeness (QED) is 0.780. The molecule has 5 nitrogen and oxygen atoms in total. The standard InChI is InChI=1S/C13H21F3N2O3/c1-3-5-9-12(20)18(7-8-21-13(14,15)16)10(6-4-2)11(19)17-9/h9-10H,3-8H2,1-2H3,(H,17,19). The van der Waals surface area contributed by atoms with Crippen molar-refractivity contribution < 1.29 is 27.5 Å². The first-order chi connectivity index (χ1) is 9.80. The van der Waals surface area contributed by atoms with E-state index < -0.39 is 25.1 Å². The van der Waals surface area contributed by atoms with Gasteiger partial charge in [-0.2, -0.15) is 0 Å². The Morgan fingerprint density at radius 3 is 2.33 bits per heavy atom. The average molecular weight is 310 g/mol. The van der Waals surface area contributed by atoms with Crippen LogP contribution in [0.2, 0.25) is 0 Å². The number of nitrogens with one attached hydrogen (secondary N) is 1. The lowest BCUT2D eigenvalue weighted by atomic mass is 10.0. The predicted octanol–water partition coefficient (Wildman–Crippen LogP) is 1.82. The number of halogens is 3. The van der Waals surface area contributed by atoms with Gasteiger partial charge in [-0.15, -0.1) is 13.2 Å². The van der Waals surface area contributed by atoms with E-state index >= 15 is 0 Å². The van der Waals surface area contributed by atoms with Crippen LogP contribution in [0, 0.1) is 0 Å². The van der Waals surface area contributed by atoms with E-state index in [2.05, 4.69) is 10.1 Å². The summed E-state index contributed by atoms with van der Waals surface area (Å²) in [4.78, 5) is 25.5. The molecule has 8 heteroatoms. The number of ether oxygens (including phenoxy) is 1. The molecule has 0 spiro atoms. The maximum absolute atomic E-state index is 12.3. The molecule has 0 aromatic heterocycles. The minimum absolute atomic E-state index is 0.239. The van der Waals surface area contributed by atoms with Gasteiger partial charge in [-0.1, -0.05) is 26.7 Å². The molecule has 1 heterocycles. The summed E-state index contributed by atoms with van der Waals surface area (Å²) in [5, 5.41) is 2.65. The molecule has 0 saturated carbocycles. The van der Waals surface area contributed by atoms with Crippen LogP contribution in [-0.2, 0) is 14.3 Å². The van der Waals surface area contributed by atoms with Crippen LogP contribution in [0.5, 0.6) is 0 Å². The van der Waals surface area contributed by atoms with Crippen LogP contribution in [0.15, 0.2) is 0 Å². The normalized spacial score (nSPS) is 23.4. The average Bonchev–Trinajstić information content (AvgIpc) is 2.37. The summed E-state index contributed by atoms with van der Waals surface area (Å²) in [6, 6.07) is -1.37. The molecule has 1 N–H and O–H groups in total. The highest BCUT2D eigenvalue weighted by atomic mass is 19.4. The van der Waals surface area contributed by atoms with Gasteiger partial charge >= 0.3 is 6.36 Å². The Morgan fingerprint density at radius 1 is 1.19 bits per heavy atom. The van der Waals surface area contributed by atoms with Gasteiger partial charge in [0.15, 0.2) is 0 Å². The molecule has 122 valence electrons. The van der Waals surface area contributed by atoms with Crippen LogP contribution in [-0.4, -0.2) is 48.3 Å². The van der Waals surface area contributed by atoms with Crippen LogP contribution < -0.4 is 5.32 Å². The lowest BCUT2D eigenvalue weighted by molar-refractivity contribution is -0.325. The van der Waals surface area contributed by atoms with Crippen molar-refractivity contribution in [2.45, 2.75) is 58.0 Å². The Morgan fingerprint density at radius 2 is 1.81 bits per heavy atom. The van der Waals surface area contributed by atoms with Crippen LogP contribution in [0.4, 0.5) is 13.2 Å². The smallest absolute Gasteiger partial charge is 0.343 e. The lowest BCUT2D eigenvalue weighted by Gasteiger charge is -2.39. The van der Waals surface area contributed by atoms with Crippen LogP contribution in [0.1, 0.15) is 39.5 Å². The second kappa shape index (κ2) is 7.63. The molecule has 0 bridgehead atoms. The Kier molecular flexibility index (Phi) is 6.44. The number of piperazine rings is 1. The zero-order valence-corrected chi connectivity index (χ0v) is 12.2. The van der Waals surface area contributed by atoms with E-state index in [1.54, 1.807) is 0 Å². The van der Waals surface area contributed by atoms with Crippen molar-refractivity contribution in [1.29, 1.82) is 0 Å². The van der Waals surface area contributed by atoms with Crippen molar-refractivity contribution in [1.82, 2.24) is 10.2 Å². The summed E-state index contributed by atoms with van der Waals surface area (Å²) in [6.45, 7) is 2.81. The van der Waals surface area contributed by atoms with Gasteiger partial charge in [0.25, 0.3) is 0 Å². The molecule has 21 heavy (non-hydrogen) atoms. The van der Waals surface area contributed by atoms with E-state index in [9.17, 15) is 22.8 Å². The first-order valence-corrected chi connectivity index (χ1v) is 7.11. The lowest BCUT2D eigenvalue weighted by Crippen LogP contribution is -2.63. The fourth-order valence-corrected chi connectivity index (χ4v) is 2.40. The molecule has 0 aromatic rings. The highest BCUT2D eigenvalue weighted by Crippen LogP contribution is 2.19. The third-order valence-corrected chi connectivity index (χ3v) is 3.31. The van der Waals surface area contributed by atoms with Crippen LogP contribution in [0.3, 0.4) is 0 Å². The highest BCUT2D eigenvalue weighted by molar-refractivity contribution is 5.96. The second-order valence-electron chi connectivity index (χ2n) is 4.98. The fraction of sp³-hybridized carbons (Fsp3) is 0.846. The maximum Gasteiger partial charge on any atom is 0.522 e. The van der Waals surface area contributed by atoms with Gasteiger partial charge in [-0.05, 0) is 12.8 Å². The molecule has 1 rings (SSSR count). The molecule has 1 fully saturated rings. The van der Waals surface area contributed by atoms with E-state index in [1.807, 2.05) is 13.8 Å². The van der Waals surface area contributed by atoms with E-state index in [-0.39, 0.29) is 18.4 Å². The Hall–Kier alpha value is -1.31. The first kappa shape index (κ1) is 17.7. The highest BCUT2D eigenvalue weighted by Gasteiger charge is 2.39. The molecule has 0 radical (unpaired) electrons. The summed E-state index contributed by atoms with van der Waals surface area (Å²) >= 11 is 0. The van der Waals surface area contributed by atoms with Gasteiger partial charge in [-0.3, -0.25) is 14.3 Å². The summed E-state index contributed by atoms with van der Waals surface area (Å²) in [5.41, 5.74) is 0. The maximum atomic E-state index is 12.3. The van der Waals surface area contributed by atoms with Crippen molar-refractivity contribution >= 4 is 11.8 Å². The molecule has 0 aromatic carbocycles. The zero-order chi connectivity index (χ0) is 16.0. The van der Waals surface area contributed by atoms with Gasteiger partial charge in [0.1, 0.15) is 12.1 Å². The fourth-order valence-electron chi connectivity index (χ4n) is 2.40. The minimum Gasteiger partial charge on any atom is -0.343 e. The number of nitrogens with zero attached hydrogens (tertiary/aromatic N) is 1. The van der Waals surface area contributed by atoms with Crippen molar-refractivity contribution in [3.63, 3.8) is 0 Å². The van der Waals surface area contributed by atoms with E-state index in [4.69, 9.17) is 0 Å². The molecule has 1 aliphatic heterocycles. The Balaban J connectivity index is 2.74. The number of carbonyl (C=O) groups is 2. The third kappa shape index (κ3) is 5.18. The molecular formula is C13H21F3N2O3. The number of hydrogen-bond acceptors (Lipinski definition) is 3. The second-order valence-corrected chi connectivity index (χ2v) is 4.98. The van der Waals surface area contributed by atoms with Crippen molar-refractivity contribution in [2.75, 3.05) is 13.2 Å². The van der Waals surface area contributed by atoms with Gasteiger partial charge in [0.05, 0.1) is 6.61 Å². The number of rotatable bonds is 7. The summed E-state index contributed by atoms with van der Waals surface area (Å²) < 4.78 is 39.8. The monoisotopic (exact) mass is 310 g/mol. The predicted molar refractivity (Wildman–Crippen MR) is 69.3 cm³/mol. The van der Waals surface area contributed by atoms with E-state index in [1.165, 1.54) is 4.90 Å². The first-order valence-electron chi connectivity index (χ1n) is 7.11. The number of amides is 2. The molecule has 1 saturated heterocycles. The molecule has 2 atom stereocenters. The summed E-state index contributed by atoms with van der Waals surface area (Å²) in [6.07, 6.45) is -2.49. The number of carbonyl (C=O) groups excluding carboxylic acids is 2.